The molecule has 0 amide bonds. The molecule has 2 aliphatic rings. The number of nitrogens with zero attached hydrogens (tertiary/aromatic N) is 1. The number of benzene rings is 2. The standard InChI is InChI=1S/C20H19ClN2O4S/c1-10-6-7-13-11(8-10)17-12(19(22-13)20(24)25)9-16(18(17)21)28-15-5-3-2-4-14(15)23(26)27/h2-8,12,16-19,22H,9H2,1H3,(H,24,25)/t12-,16-,17-,18-,19-/m1/s1. The first-order valence-corrected chi connectivity index (χ1v) is 10.3. The fourth-order valence-corrected chi connectivity index (χ4v) is 6.29. The van der Waals surface area contributed by atoms with Crippen LogP contribution in [0.4, 0.5) is 11.4 Å². The van der Waals surface area contributed by atoms with Crippen LogP contribution in [0.25, 0.3) is 0 Å². The van der Waals surface area contributed by atoms with E-state index in [1.165, 1.54) is 17.8 Å². The van der Waals surface area contributed by atoms with Gasteiger partial charge in [-0.2, -0.15) is 0 Å². The number of carboxylic acid groups (broad SMARTS) is 1. The van der Waals surface area contributed by atoms with Crippen LogP contribution >= 0.6 is 23.4 Å². The number of nitro groups is 1. The van der Waals surface area contributed by atoms with Crippen molar-refractivity contribution in [3.63, 3.8) is 0 Å². The van der Waals surface area contributed by atoms with E-state index in [2.05, 4.69) is 11.4 Å². The number of nitro benzene ring substituents is 1. The number of alkyl halides is 1. The fourth-order valence-electron chi connectivity index (χ4n) is 4.35. The molecule has 5 atom stereocenters. The van der Waals surface area contributed by atoms with E-state index in [1.54, 1.807) is 18.2 Å². The Labute approximate surface area is 171 Å². The summed E-state index contributed by atoms with van der Waals surface area (Å²) in [7, 11) is 0. The lowest BCUT2D eigenvalue weighted by atomic mass is 9.79. The van der Waals surface area contributed by atoms with Gasteiger partial charge in [-0.3, -0.25) is 10.1 Å². The molecule has 28 heavy (non-hydrogen) atoms. The third-order valence-electron chi connectivity index (χ3n) is 5.58. The summed E-state index contributed by atoms with van der Waals surface area (Å²) >= 11 is 8.25. The van der Waals surface area contributed by atoms with Gasteiger partial charge in [-0.1, -0.05) is 29.8 Å². The summed E-state index contributed by atoms with van der Waals surface area (Å²) in [5, 5.41) is 23.8. The zero-order valence-electron chi connectivity index (χ0n) is 15.0. The predicted molar refractivity (Wildman–Crippen MR) is 109 cm³/mol. The number of thioether (sulfide) groups is 1. The van der Waals surface area contributed by atoms with Crippen molar-refractivity contribution in [2.24, 2.45) is 5.92 Å². The molecule has 0 unspecified atom stereocenters. The van der Waals surface area contributed by atoms with Crippen LogP contribution in [0.15, 0.2) is 47.4 Å². The monoisotopic (exact) mass is 418 g/mol. The number of carbonyl (C=O) groups is 1. The van der Waals surface area contributed by atoms with E-state index in [9.17, 15) is 20.0 Å². The predicted octanol–water partition coefficient (Wildman–Crippen LogP) is 4.65. The van der Waals surface area contributed by atoms with Gasteiger partial charge in [-0.05, 0) is 37.0 Å². The molecule has 0 spiro atoms. The highest BCUT2D eigenvalue weighted by Crippen LogP contribution is 2.55. The van der Waals surface area contributed by atoms with Gasteiger partial charge in [0, 0.05) is 22.9 Å². The molecule has 146 valence electrons. The normalized spacial score (nSPS) is 28.1. The van der Waals surface area contributed by atoms with Crippen molar-refractivity contribution in [1.29, 1.82) is 0 Å². The zero-order chi connectivity index (χ0) is 20.0. The van der Waals surface area contributed by atoms with E-state index in [-0.39, 0.29) is 28.2 Å². The first kappa shape index (κ1) is 19.1. The molecule has 2 N–H and O–H groups in total. The van der Waals surface area contributed by atoms with Gasteiger partial charge in [0.15, 0.2) is 0 Å². The highest BCUT2D eigenvalue weighted by atomic mass is 35.5. The summed E-state index contributed by atoms with van der Waals surface area (Å²) in [4.78, 5) is 23.4. The van der Waals surface area contributed by atoms with Gasteiger partial charge < -0.3 is 10.4 Å². The molecule has 1 heterocycles. The van der Waals surface area contributed by atoms with Crippen LogP contribution in [0, 0.1) is 23.0 Å². The Kier molecular flexibility index (Phi) is 4.97. The first-order valence-electron chi connectivity index (χ1n) is 9.01. The van der Waals surface area contributed by atoms with Crippen molar-refractivity contribution >= 4 is 40.7 Å². The average Bonchev–Trinajstić information content (AvgIpc) is 2.98. The number of halogens is 1. The van der Waals surface area contributed by atoms with Crippen molar-refractivity contribution < 1.29 is 14.8 Å². The third kappa shape index (κ3) is 3.22. The summed E-state index contributed by atoms with van der Waals surface area (Å²) < 4.78 is 0. The van der Waals surface area contributed by atoms with Gasteiger partial charge in [-0.25, -0.2) is 4.79 Å². The topological polar surface area (TPSA) is 92.5 Å². The summed E-state index contributed by atoms with van der Waals surface area (Å²) in [6.07, 6.45) is 0.576. The summed E-state index contributed by atoms with van der Waals surface area (Å²) in [6.45, 7) is 2.00. The Hall–Kier alpha value is -2.25. The van der Waals surface area contributed by atoms with E-state index in [4.69, 9.17) is 11.6 Å². The second kappa shape index (κ2) is 7.29. The van der Waals surface area contributed by atoms with Crippen molar-refractivity contribution in [3.05, 3.63) is 63.7 Å². The molecule has 1 aliphatic carbocycles. The number of hydrogen-bond donors (Lipinski definition) is 2. The number of aliphatic carboxylic acids is 1. The Morgan fingerprint density at radius 3 is 2.79 bits per heavy atom. The minimum Gasteiger partial charge on any atom is -0.480 e. The van der Waals surface area contributed by atoms with Crippen LogP contribution in [-0.4, -0.2) is 32.7 Å². The molecule has 1 saturated carbocycles. The second-order valence-corrected chi connectivity index (χ2v) is 9.09. The molecule has 1 aliphatic heterocycles. The maximum absolute atomic E-state index is 11.9. The number of fused-ring (bicyclic) bond motifs is 3. The maximum Gasteiger partial charge on any atom is 0.326 e. The Morgan fingerprint density at radius 2 is 2.07 bits per heavy atom. The molecule has 2 aromatic carbocycles. The number of carboxylic acids is 1. The first-order chi connectivity index (χ1) is 13.4. The van der Waals surface area contributed by atoms with E-state index in [0.29, 0.717) is 11.3 Å². The highest BCUT2D eigenvalue weighted by molar-refractivity contribution is 8.00. The largest absolute Gasteiger partial charge is 0.480 e. The smallest absolute Gasteiger partial charge is 0.326 e. The number of para-hydroxylation sites is 1. The summed E-state index contributed by atoms with van der Waals surface area (Å²) in [5.41, 5.74) is 2.98. The lowest BCUT2D eigenvalue weighted by Crippen LogP contribution is -2.42. The third-order valence-corrected chi connectivity index (χ3v) is 7.69. The lowest BCUT2D eigenvalue weighted by Gasteiger charge is -2.36. The molecular weight excluding hydrogens is 400 g/mol. The van der Waals surface area contributed by atoms with Crippen LogP contribution in [0.2, 0.25) is 0 Å². The van der Waals surface area contributed by atoms with Gasteiger partial charge in [0.2, 0.25) is 0 Å². The summed E-state index contributed by atoms with van der Waals surface area (Å²) in [5.74, 6) is -1.19. The minimum atomic E-state index is -0.901. The Bertz CT molecular complexity index is 954. The molecule has 4 rings (SSSR count). The van der Waals surface area contributed by atoms with E-state index in [0.717, 1.165) is 16.8 Å². The highest BCUT2D eigenvalue weighted by Gasteiger charge is 2.52. The van der Waals surface area contributed by atoms with Crippen LogP contribution < -0.4 is 5.32 Å². The van der Waals surface area contributed by atoms with Gasteiger partial charge >= 0.3 is 5.97 Å². The average molecular weight is 419 g/mol. The number of anilines is 1. The molecular formula is C20H19ClN2O4S. The maximum atomic E-state index is 11.9. The number of rotatable bonds is 4. The Morgan fingerprint density at radius 1 is 1.32 bits per heavy atom. The van der Waals surface area contributed by atoms with E-state index >= 15 is 0 Å². The van der Waals surface area contributed by atoms with Crippen molar-refractivity contribution in [1.82, 2.24) is 0 Å². The fraction of sp³-hybridized carbons (Fsp3) is 0.350. The van der Waals surface area contributed by atoms with Crippen molar-refractivity contribution in [2.75, 3.05) is 5.32 Å². The van der Waals surface area contributed by atoms with Gasteiger partial charge in [-0.15, -0.1) is 23.4 Å². The Balaban J connectivity index is 1.70. The molecule has 0 bridgehead atoms. The second-order valence-electron chi connectivity index (χ2n) is 7.30. The van der Waals surface area contributed by atoms with Gasteiger partial charge in [0.1, 0.15) is 6.04 Å². The minimum absolute atomic E-state index is 0.0513. The van der Waals surface area contributed by atoms with E-state index < -0.39 is 16.9 Å². The molecule has 0 aromatic heterocycles. The molecule has 1 fully saturated rings. The van der Waals surface area contributed by atoms with Crippen LogP contribution in [0.3, 0.4) is 0 Å². The number of hydrogen-bond acceptors (Lipinski definition) is 5. The van der Waals surface area contributed by atoms with Crippen LogP contribution in [0.1, 0.15) is 23.5 Å². The number of aryl methyl sites for hydroxylation is 1. The van der Waals surface area contributed by atoms with Gasteiger partial charge in [0.25, 0.3) is 5.69 Å². The molecule has 2 aromatic rings. The quantitative estimate of drug-likeness (QED) is 0.426. The van der Waals surface area contributed by atoms with Gasteiger partial charge in [0.05, 0.1) is 15.2 Å². The molecule has 0 radical (unpaired) electrons. The molecule has 0 saturated heterocycles. The molecule has 8 heteroatoms. The van der Waals surface area contributed by atoms with Crippen LogP contribution in [-0.2, 0) is 4.79 Å². The molecule has 6 nitrogen and oxygen atoms in total. The zero-order valence-corrected chi connectivity index (χ0v) is 16.6. The van der Waals surface area contributed by atoms with E-state index in [1.807, 2.05) is 19.1 Å². The number of nitrogens with one attached hydrogen (secondary N) is 1. The SMILES string of the molecule is Cc1ccc2c(c1)[C@H]1[C@H](Cl)[C@H](Sc3ccccc3[N+](=O)[O-])C[C@H]1[C@H](C(=O)O)N2. The summed E-state index contributed by atoms with van der Waals surface area (Å²) in [6, 6.07) is 11.8. The lowest BCUT2D eigenvalue weighted by molar-refractivity contribution is -0.387. The van der Waals surface area contributed by atoms with Crippen molar-refractivity contribution in [3.8, 4) is 0 Å². The van der Waals surface area contributed by atoms with Crippen molar-refractivity contribution in [2.45, 2.75) is 40.8 Å². The van der Waals surface area contributed by atoms with Crippen LogP contribution in [0.5, 0.6) is 0 Å².